The maximum Gasteiger partial charge on any atom is 0.220 e. The Balaban J connectivity index is 1.74. The number of aryl methyl sites for hydroxylation is 2. The van der Waals surface area contributed by atoms with Crippen LogP contribution in [0.4, 0.5) is 5.69 Å². The number of hydrogen-bond donors (Lipinski definition) is 2. The van der Waals surface area contributed by atoms with Crippen molar-refractivity contribution in [2.75, 3.05) is 12.3 Å². The van der Waals surface area contributed by atoms with Crippen molar-refractivity contribution in [2.45, 2.75) is 32.8 Å². The van der Waals surface area contributed by atoms with Crippen LogP contribution in [0.3, 0.4) is 0 Å². The van der Waals surface area contributed by atoms with Crippen LogP contribution in [-0.2, 0) is 11.2 Å². The summed E-state index contributed by atoms with van der Waals surface area (Å²) < 4.78 is 5.84. The summed E-state index contributed by atoms with van der Waals surface area (Å²) in [6.45, 7) is 4.43. The molecule has 0 saturated heterocycles. The van der Waals surface area contributed by atoms with E-state index in [0.717, 1.165) is 22.6 Å². The number of nitrogens with two attached hydrogens (primary N) is 1. The normalized spacial score (nSPS) is 11.7. The van der Waals surface area contributed by atoms with Gasteiger partial charge >= 0.3 is 0 Å². The van der Waals surface area contributed by atoms with Gasteiger partial charge in [-0.05, 0) is 43.5 Å². The number of nitrogens with one attached hydrogen (secondary N) is 1. The first-order valence-electron chi connectivity index (χ1n) is 7.88. The van der Waals surface area contributed by atoms with Crippen molar-refractivity contribution in [2.24, 2.45) is 0 Å². The molecule has 2 aromatic carbocycles. The lowest BCUT2D eigenvalue weighted by Crippen LogP contribution is -2.33. The first-order valence-corrected chi connectivity index (χ1v) is 7.88. The highest BCUT2D eigenvalue weighted by molar-refractivity contribution is 5.76. The van der Waals surface area contributed by atoms with Crippen molar-refractivity contribution in [3.63, 3.8) is 0 Å². The number of amides is 1. The van der Waals surface area contributed by atoms with Crippen LogP contribution in [-0.4, -0.2) is 18.6 Å². The molecule has 4 heteroatoms. The van der Waals surface area contributed by atoms with E-state index in [1.54, 1.807) is 0 Å². The van der Waals surface area contributed by atoms with E-state index in [2.05, 4.69) is 5.32 Å². The molecule has 1 amide bonds. The maximum atomic E-state index is 11.9. The van der Waals surface area contributed by atoms with Crippen molar-refractivity contribution < 1.29 is 9.53 Å². The molecule has 0 bridgehead atoms. The van der Waals surface area contributed by atoms with E-state index >= 15 is 0 Å². The minimum Gasteiger partial charge on any atom is -0.489 e. The van der Waals surface area contributed by atoms with Gasteiger partial charge in [-0.1, -0.05) is 36.4 Å². The van der Waals surface area contributed by atoms with Gasteiger partial charge in [0.2, 0.25) is 5.91 Å². The van der Waals surface area contributed by atoms with Gasteiger partial charge in [-0.25, -0.2) is 0 Å². The van der Waals surface area contributed by atoms with Crippen molar-refractivity contribution in [1.29, 1.82) is 0 Å². The molecule has 0 heterocycles. The smallest absolute Gasteiger partial charge is 0.220 e. The van der Waals surface area contributed by atoms with Crippen LogP contribution in [0, 0.1) is 6.92 Å². The molecule has 122 valence electrons. The molecular formula is C19H24N2O2. The Hall–Kier alpha value is -2.49. The zero-order valence-electron chi connectivity index (χ0n) is 13.7. The number of anilines is 1. The van der Waals surface area contributed by atoms with Crippen LogP contribution >= 0.6 is 0 Å². The number of nitrogen functional groups attached to an aromatic ring is 1. The van der Waals surface area contributed by atoms with E-state index in [1.165, 1.54) is 0 Å². The van der Waals surface area contributed by atoms with Crippen LogP contribution in [0.25, 0.3) is 0 Å². The Bertz CT molecular complexity index is 655. The molecule has 0 spiro atoms. The Morgan fingerprint density at radius 1 is 1.17 bits per heavy atom. The Morgan fingerprint density at radius 2 is 1.87 bits per heavy atom. The van der Waals surface area contributed by atoms with E-state index < -0.39 is 0 Å². The molecule has 2 rings (SSSR count). The molecular weight excluding hydrogens is 288 g/mol. The average molecular weight is 312 g/mol. The monoisotopic (exact) mass is 312 g/mol. The van der Waals surface area contributed by atoms with Gasteiger partial charge in [0.15, 0.2) is 0 Å². The Kier molecular flexibility index (Phi) is 6.03. The summed E-state index contributed by atoms with van der Waals surface area (Å²) >= 11 is 0. The number of hydrogen-bond acceptors (Lipinski definition) is 3. The van der Waals surface area contributed by atoms with E-state index in [4.69, 9.17) is 10.5 Å². The minimum absolute atomic E-state index is 0.00786. The third-order valence-electron chi connectivity index (χ3n) is 3.68. The first kappa shape index (κ1) is 16.9. The summed E-state index contributed by atoms with van der Waals surface area (Å²) in [7, 11) is 0. The molecule has 0 fully saturated rings. The van der Waals surface area contributed by atoms with Crippen LogP contribution in [0.15, 0.2) is 48.5 Å². The van der Waals surface area contributed by atoms with Gasteiger partial charge < -0.3 is 15.8 Å². The molecule has 0 aliphatic heterocycles. The third-order valence-corrected chi connectivity index (χ3v) is 3.68. The zero-order chi connectivity index (χ0) is 16.7. The summed E-state index contributed by atoms with van der Waals surface area (Å²) in [5.41, 5.74) is 8.70. The number of benzene rings is 2. The maximum absolute atomic E-state index is 11.9. The number of para-hydroxylation sites is 2. The summed E-state index contributed by atoms with van der Waals surface area (Å²) in [4.78, 5) is 11.9. The summed E-state index contributed by atoms with van der Waals surface area (Å²) in [5, 5.41) is 2.91. The highest BCUT2D eigenvalue weighted by Crippen LogP contribution is 2.17. The van der Waals surface area contributed by atoms with Crippen LogP contribution < -0.4 is 15.8 Å². The van der Waals surface area contributed by atoms with Gasteiger partial charge in [0, 0.05) is 12.1 Å². The van der Waals surface area contributed by atoms with Gasteiger partial charge in [0.1, 0.15) is 11.9 Å². The van der Waals surface area contributed by atoms with Crippen LogP contribution in [0.5, 0.6) is 5.75 Å². The van der Waals surface area contributed by atoms with E-state index in [9.17, 15) is 4.79 Å². The molecule has 0 aliphatic rings. The van der Waals surface area contributed by atoms with Gasteiger partial charge in [-0.15, -0.1) is 0 Å². The van der Waals surface area contributed by atoms with Gasteiger partial charge in [-0.2, -0.15) is 0 Å². The predicted octanol–water partition coefficient (Wildman–Crippen LogP) is 3.09. The second-order valence-electron chi connectivity index (χ2n) is 5.70. The second kappa shape index (κ2) is 8.22. The van der Waals surface area contributed by atoms with Gasteiger partial charge in [0.25, 0.3) is 0 Å². The Labute approximate surface area is 137 Å². The Morgan fingerprint density at radius 3 is 2.61 bits per heavy atom. The molecule has 0 radical (unpaired) electrons. The lowest BCUT2D eigenvalue weighted by molar-refractivity contribution is -0.121. The minimum atomic E-state index is -0.0816. The second-order valence-corrected chi connectivity index (χ2v) is 5.70. The average Bonchev–Trinajstić information content (AvgIpc) is 2.54. The zero-order valence-corrected chi connectivity index (χ0v) is 13.7. The van der Waals surface area contributed by atoms with E-state index in [0.29, 0.717) is 19.4 Å². The molecule has 0 aliphatic carbocycles. The highest BCUT2D eigenvalue weighted by Gasteiger charge is 2.09. The first-order chi connectivity index (χ1) is 11.1. The molecule has 4 nitrogen and oxygen atoms in total. The summed E-state index contributed by atoms with van der Waals surface area (Å²) in [5.74, 6) is 0.861. The van der Waals surface area contributed by atoms with E-state index in [-0.39, 0.29) is 12.0 Å². The van der Waals surface area contributed by atoms with Crippen LogP contribution in [0.2, 0.25) is 0 Å². The molecule has 1 atom stereocenters. The van der Waals surface area contributed by atoms with E-state index in [1.807, 2.05) is 62.4 Å². The van der Waals surface area contributed by atoms with Crippen molar-refractivity contribution in [1.82, 2.24) is 5.32 Å². The quantitative estimate of drug-likeness (QED) is 0.772. The number of carbonyl (C=O) groups excluding carboxylic acids is 1. The summed E-state index contributed by atoms with van der Waals surface area (Å²) in [6, 6.07) is 15.5. The summed E-state index contributed by atoms with van der Waals surface area (Å²) in [6.07, 6.45) is 0.985. The number of rotatable bonds is 7. The molecule has 23 heavy (non-hydrogen) atoms. The third kappa shape index (κ3) is 5.33. The SMILES string of the molecule is Cc1ccccc1OC(C)CNC(=O)CCc1ccccc1N. The van der Waals surface area contributed by atoms with Crippen LogP contribution in [0.1, 0.15) is 24.5 Å². The van der Waals surface area contributed by atoms with Crippen molar-refractivity contribution in [3.05, 3.63) is 59.7 Å². The molecule has 3 N–H and O–H groups in total. The molecule has 0 saturated carbocycles. The van der Waals surface area contributed by atoms with Gasteiger partial charge in [0.05, 0.1) is 6.54 Å². The molecule has 2 aromatic rings. The largest absolute Gasteiger partial charge is 0.489 e. The lowest BCUT2D eigenvalue weighted by Gasteiger charge is -2.17. The predicted molar refractivity (Wildman–Crippen MR) is 93.5 cm³/mol. The van der Waals surface area contributed by atoms with Crippen molar-refractivity contribution in [3.8, 4) is 5.75 Å². The van der Waals surface area contributed by atoms with Crippen molar-refractivity contribution >= 4 is 11.6 Å². The topological polar surface area (TPSA) is 64.3 Å². The van der Waals surface area contributed by atoms with Gasteiger partial charge in [-0.3, -0.25) is 4.79 Å². The fraction of sp³-hybridized carbons (Fsp3) is 0.316. The lowest BCUT2D eigenvalue weighted by atomic mass is 10.1. The molecule has 1 unspecified atom stereocenters. The standard InChI is InChI=1S/C19H24N2O2/c1-14-7-3-6-10-18(14)23-15(2)13-21-19(22)12-11-16-8-4-5-9-17(16)20/h3-10,15H,11-13,20H2,1-2H3,(H,21,22). The number of ether oxygens (including phenoxy) is 1. The highest BCUT2D eigenvalue weighted by atomic mass is 16.5. The molecule has 0 aromatic heterocycles. The fourth-order valence-electron chi connectivity index (χ4n) is 2.30. The fourth-order valence-corrected chi connectivity index (χ4v) is 2.30. The number of carbonyl (C=O) groups is 1.